The molecular weight excluding hydrogens is 180 g/mol. The molecule has 1 aromatic carbocycles. The molecule has 2 N–H and O–H groups in total. The Hall–Kier alpha value is -1.68. The molecule has 0 bridgehead atoms. The van der Waals surface area contributed by atoms with Crippen molar-refractivity contribution in [2.75, 3.05) is 0 Å². The lowest BCUT2D eigenvalue weighted by atomic mass is 10.1. The minimum Gasteiger partial charge on any atom is -0.492 e. The fourth-order valence-electron chi connectivity index (χ4n) is 1.33. The second-order valence-electron chi connectivity index (χ2n) is 3.13. The van der Waals surface area contributed by atoms with E-state index < -0.39 is 5.85 Å². The zero-order valence-electron chi connectivity index (χ0n) is 7.68. The summed E-state index contributed by atoms with van der Waals surface area (Å²) < 4.78 is 0. The highest BCUT2D eigenvalue weighted by atomic mass is 16.3. The predicted octanol–water partition coefficient (Wildman–Crippen LogP) is 1.22. The SMILES string of the molecule is CC1=NC(O)(c2ccccc2)N=C1O. The lowest BCUT2D eigenvalue weighted by Crippen LogP contribution is -2.17. The molecule has 0 saturated heterocycles. The van der Waals surface area contributed by atoms with E-state index in [1.54, 1.807) is 31.2 Å². The number of aliphatic imine (C=N–C) groups is 2. The van der Waals surface area contributed by atoms with Crippen LogP contribution in [-0.2, 0) is 5.85 Å². The monoisotopic (exact) mass is 190 g/mol. The van der Waals surface area contributed by atoms with E-state index in [4.69, 9.17) is 0 Å². The molecule has 0 spiro atoms. The molecule has 1 unspecified atom stereocenters. The third-order valence-corrected chi connectivity index (χ3v) is 2.07. The van der Waals surface area contributed by atoms with Crippen molar-refractivity contribution in [2.45, 2.75) is 12.8 Å². The van der Waals surface area contributed by atoms with Crippen LogP contribution in [0.25, 0.3) is 0 Å². The first-order valence-electron chi connectivity index (χ1n) is 4.25. The van der Waals surface area contributed by atoms with Gasteiger partial charge in [-0.2, -0.15) is 4.99 Å². The minimum atomic E-state index is -1.64. The maximum Gasteiger partial charge on any atom is 0.285 e. The van der Waals surface area contributed by atoms with E-state index in [0.29, 0.717) is 11.3 Å². The van der Waals surface area contributed by atoms with Crippen molar-refractivity contribution < 1.29 is 10.2 Å². The Balaban J connectivity index is 2.47. The Morgan fingerprint density at radius 2 is 1.79 bits per heavy atom. The molecule has 1 aromatic rings. The summed E-state index contributed by atoms with van der Waals surface area (Å²) in [7, 11) is 0. The average molecular weight is 190 g/mol. The predicted molar refractivity (Wildman–Crippen MR) is 53.5 cm³/mol. The first-order chi connectivity index (χ1) is 6.62. The van der Waals surface area contributed by atoms with Crippen LogP contribution in [0.5, 0.6) is 0 Å². The molecule has 0 amide bonds. The summed E-state index contributed by atoms with van der Waals surface area (Å²) >= 11 is 0. The molecule has 14 heavy (non-hydrogen) atoms. The first-order valence-corrected chi connectivity index (χ1v) is 4.25. The van der Waals surface area contributed by atoms with Crippen molar-refractivity contribution >= 4 is 11.6 Å². The Kier molecular flexibility index (Phi) is 1.86. The van der Waals surface area contributed by atoms with Crippen LogP contribution in [0.4, 0.5) is 0 Å². The van der Waals surface area contributed by atoms with Crippen molar-refractivity contribution in [1.29, 1.82) is 0 Å². The van der Waals surface area contributed by atoms with Gasteiger partial charge in [0.25, 0.3) is 5.85 Å². The fraction of sp³-hybridized carbons (Fsp3) is 0.200. The Morgan fingerprint density at radius 1 is 1.14 bits per heavy atom. The Labute approximate surface area is 81.3 Å². The molecule has 0 aliphatic carbocycles. The average Bonchev–Trinajstić information content (AvgIpc) is 2.44. The molecule has 0 aromatic heterocycles. The van der Waals surface area contributed by atoms with E-state index >= 15 is 0 Å². The maximum atomic E-state index is 9.97. The van der Waals surface area contributed by atoms with E-state index in [1.165, 1.54) is 0 Å². The normalized spacial score (nSPS) is 25.9. The second-order valence-corrected chi connectivity index (χ2v) is 3.13. The summed E-state index contributed by atoms with van der Waals surface area (Å²) in [6.45, 7) is 1.60. The molecule has 0 saturated carbocycles. The molecule has 72 valence electrons. The molecule has 4 nitrogen and oxygen atoms in total. The summed E-state index contributed by atoms with van der Waals surface area (Å²) in [6.07, 6.45) is 0. The van der Waals surface area contributed by atoms with Gasteiger partial charge < -0.3 is 10.2 Å². The highest BCUT2D eigenvalue weighted by molar-refractivity contribution is 6.38. The molecule has 0 radical (unpaired) electrons. The van der Waals surface area contributed by atoms with Gasteiger partial charge in [0.1, 0.15) is 0 Å². The van der Waals surface area contributed by atoms with Gasteiger partial charge >= 0.3 is 0 Å². The summed E-state index contributed by atoms with van der Waals surface area (Å²) in [5, 5.41) is 19.2. The van der Waals surface area contributed by atoms with Crippen molar-refractivity contribution in [3.05, 3.63) is 35.9 Å². The van der Waals surface area contributed by atoms with Crippen molar-refractivity contribution in [3.63, 3.8) is 0 Å². The van der Waals surface area contributed by atoms with E-state index in [1.807, 2.05) is 6.07 Å². The summed E-state index contributed by atoms with van der Waals surface area (Å²) in [5.41, 5.74) is 0.889. The number of benzene rings is 1. The van der Waals surface area contributed by atoms with Crippen LogP contribution in [0.1, 0.15) is 12.5 Å². The van der Waals surface area contributed by atoms with Crippen LogP contribution in [0, 0.1) is 0 Å². The van der Waals surface area contributed by atoms with Crippen LogP contribution in [0.2, 0.25) is 0 Å². The molecule has 2 rings (SSSR count). The number of hydrogen-bond donors (Lipinski definition) is 2. The number of rotatable bonds is 1. The molecular formula is C10H10N2O2. The van der Waals surface area contributed by atoms with Crippen LogP contribution >= 0.6 is 0 Å². The van der Waals surface area contributed by atoms with Gasteiger partial charge in [-0.1, -0.05) is 30.3 Å². The summed E-state index contributed by atoms with van der Waals surface area (Å²) in [6, 6.07) is 8.81. The minimum absolute atomic E-state index is 0.212. The van der Waals surface area contributed by atoms with Crippen molar-refractivity contribution in [1.82, 2.24) is 0 Å². The molecule has 1 aliphatic rings. The van der Waals surface area contributed by atoms with Crippen molar-refractivity contribution in [3.8, 4) is 0 Å². The first kappa shape index (κ1) is 8.90. The van der Waals surface area contributed by atoms with Gasteiger partial charge in [-0.25, -0.2) is 4.99 Å². The topological polar surface area (TPSA) is 65.2 Å². The smallest absolute Gasteiger partial charge is 0.285 e. The van der Waals surface area contributed by atoms with Crippen LogP contribution in [0.15, 0.2) is 40.3 Å². The van der Waals surface area contributed by atoms with Crippen LogP contribution < -0.4 is 0 Å². The van der Waals surface area contributed by atoms with Gasteiger partial charge in [-0.15, -0.1) is 0 Å². The molecule has 4 heteroatoms. The number of hydrogen-bond acceptors (Lipinski definition) is 3. The third-order valence-electron chi connectivity index (χ3n) is 2.07. The zero-order chi connectivity index (χ0) is 10.2. The summed E-state index contributed by atoms with van der Waals surface area (Å²) in [5.74, 6) is -1.86. The number of aliphatic hydroxyl groups is 2. The van der Waals surface area contributed by atoms with Gasteiger partial charge in [-0.05, 0) is 6.92 Å². The summed E-state index contributed by atoms with van der Waals surface area (Å²) in [4.78, 5) is 7.59. The lowest BCUT2D eigenvalue weighted by Gasteiger charge is -2.14. The van der Waals surface area contributed by atoms with E-state index in [-0.39, 0.29) is 5.90 Å². The largest absolute Gasteiger partial charge is 0.492 e. The fourth-order valence-corrected chi connectivity index (χ4v) is 1.33. The van der Waals surface area contributed by atoms with Crippen molar-refractivity contribution in [2.24, 2.45) is 9.98 Å². The second kappa shape index (κ2) is 2.92. The van der Waals surface area contributed by atoms with Gasteiger partial charge in [0.2, 0.25) is 5.90 Å². The molecule has 1 heterocycles. The number of nitrogens with zero attached hydrogens (tertiary/aromatic N) is 2. The maximum absolute atomic E-state index is 9.97. The van der Waals surface area contributed by atoms with Gasteiger partial charge in [0, 0.05) is 5.56 Å². The molecule has 1 aliphatic heterocycles. The van der Waals surface area contributed by atoms with E-state index in [9.17, 15) is 10.2 Å². The Bertz CT molecular complexity index is 391. The quantitative estimate of drug-likeness (QED) is 0.699. The molecule has 1 atom stereocenters. The molecule has 0 fully saturated rings. The lowest BCUT2D eigenvalue weighted by molar-refractivity contribution is 0.0591. The van der Waals surface area contributed by atoms with Crippen LogP contribution in [0.3, 0.4) is 0 Å². The van der Waals surface area contributed by atoms with Gasteiger partial charge in [0.05, 0.1) is 5.71 Å². The highest BCUT2D eigenvalue weighted by Gasteiger charge is 2.34. The van der Waals surface area contributed by atoms with E-state index in [0.717, 1.165) is 0 Å². The van der Waals surface area contributed by atoms with Gasteiger partial charge in [0.15, 0.2) is 0 Å². The standard InChI is InChI=1S/C10H10N2O2/c1-7-9(13)12-10(14,11-7)8-5-3-2-4-6-8/h2-6,14H,1H3,(H,12,13). The highest BCUT2D eigenvalue weighted by Crippen LogP contribution is 2.28. The van der Waals surface area contributed by atoms with E-state index in [2.05, 4.69) is 9.98 Å². The van der Waals surface area contributed by atoms with Gasteiger partial charge in [-0.3, -0.25) is 0 Å². The Morgan fingerprint density at radius 3 is 2.29 bits per heavy atom. The zero-order valence-corrected chi connectivity index (χ0v) is 7.68. The third kappa shape index (κ3) is 1.29. The number of aliphatic hydroxyl groups excluding tert-OH is 1. The van der Waals surface area contributed by atoms with Crippen LogP contribution in [-0.4, -0.2) is 21.8 Å².